The first kappa shape index (κ1) is 21.8. The molecule has 8 heteroatoms. The fraction of sp³-hybridized carbons (Fsp3) is 0.250. The predicted octanol–water partition coefficient (Wildman–Crippen LogP) is 3.73. The van der Waals surface area contributed by atoms with Crippen molar-refractivity contribution < 1.29 is 9.59 Å². The summed E-state index contributed by atoms with van der Waals surface area (Å²) in [7, 11) is 0. The van der Waals surface area contributed by atoms with Gasteiger partial charge < -0.3 is 15.6 Å². The Morgan fingerprint density at radius 3 is 2.56 bits per heavy atom. The van der Waals surface area contributed by atoms with Gasteiger partial charge >= 0.3 is 0 Å². The van der Waals surface area contributed by atoms with E-state index in [2.05, 4.69) is 27.5 Å². The quantitative estimate of drug-likeness (QED) is 0.377. The molecule has 1 aliphatic rings. The SMILES string of the molecule is CCc1ccc(NC(=O)C2CC(=O)Nc3nc(SCCc4ccccc4)[nH]c(=O)c32)cc1. The fourth-order valence-corrected chi connectivity index (χ4v) is 4.46. The minimum atomic E-state index is -0.899. The number of carbonyl (C=O) groups is 2. The molecule has 32 heavy (non-hydrogen) atoms. The maximum atomic E-state index is 12.9. The zero-order valence-electron chi connectivity index (χ0n) is 17.7. The number of carbonyl (C=O) groups excluding carboxylic acids is 2. The molecule has 1 unspecified atom stereocenters. The second kappa shape index (κ2) is 9.82. The monoisotopic (exact) mass is 448 g/mol. The zero-order chi connectivity index (χ0) is 22.5. The normalized spacial score (nSPS) is 15.0. The van der Waals surface area contributed by atoms with Crippen LogP contribution in [0.5, 0.6) is 0 Å². The highest BCUT2D eigenvalue weighted by Gasteiger charge is 2.34. The summed E-state index contributed by atoms with van der Waals surface area (Å²) in [4.78, 5) is 45.2. The van der Waals surface area contributed by atoms with Crippen LogP contribution in [0.1, 0.15) is 36.0 Å². The number of hydrogen-bond acceptors (Lipinski definition) is 5. The summed E-state index contributed by atoms with van der Waals surface area (Å²) in [6, 6.07) is 17.5. The number of nitrogens with one attached hydrogen (secondary N) is 3. The molecule has 1 atom stereocenters. The van der Waals surface area contributed by atoms with Crippen LogP contribution in [0.15, 0.2) is 64.5 Å². The number of benzene rings is 2. The number of aromatic amines is 1. The van der Waals surface area contributed by atoms with Crippen molar-refractivity contribution in [2.75, 3.05) is 16.4 Å². The number of amides is 2. The number of anilines is 2. The molecule has 4 rings (SSSR count). The molecule has 1 aromatic heterocycles. The van der Waals surface area contributed by atoms with Gasteiger partial charge in [-0.25, -0.2) is 4.98 Å². The smallest absolute Gasteiger partial charge is 0.257 e. The molecule has 2 amide bonds. The number of hydrogen-bond donors (Lipinski definition) is 3. The van der Waals surface area contributed by atoms with Crippen LogP contribution in [0.25, 0.3) is 0 Å². The maximum Gasteiger partial charge on any atom is 0.257 e. The molecule has 164 valence electrons. The third-order valence-electron chi connectivity index (χ3n) is 5.35. The summed E-state index contributed by atoms with van der Waals surface area (Å²) in [5, 5.41) is 5.88. The van der Waals surface area contributed by atoms with E-state index in [0.717, 1.165) is 24.2 Å². The van der Waals surface area contributed by atoms with E-state index in [1.807, 2.05) is 54.6 Å². The van der Waals surface area contributed by atoms with Crippen LogP contribution >= 0.6 is 11.8 Å². The van der Waals surface area contributed by atoms with Gasteiger partial charge in [-0.1, -0.05) is 61.2 Å². The van der Waals surface area contributed by atoms with Crippen molar-refractivity contribution in [3.05, 3.63) is 81.6 Å². The predicted molar refractivity (Wildman–Crippen MR) is 126 cm³/mol. The molecule has 0 spiro atoms. The Hall–Kier alpha value is -3.39. The molecule has 0 saturated carbocycles. The Bertz CT molecular complexity index is 1180. The Kier molecular flexibility index (Phi) is 6.70. The molecule has 0 fully saturated rings. The number of H-pyrrole nitrogens is 1. The molecule has 2 heterocycles. The lowest BCUT2D eigenvalue weighted by molar-refractivity contribution is -0.123. The number of thioether (sulfide) groups is 1. The van der Waals surface area contributed by atoms with Gasteiger partial charge in [0.15, 0.2) is 5.16 Å². The molecule has 0 saturated heterocycles. The molecule has 0 aliphatic carbocycles. The van der Waals surface area contributed by atoms with Crippen molar-refractivity contribution in [3.63, 3.8) is 0 Å². The summed E-state index contributed by atoms with van der Waals surface area (Å²) in [5.74, 6) is -0.755. The number of aromatic nitrogens is 2. The number of aryl methyl sites for hydroxylation is 2. The Balaban J connectivity index is 1.50. The largest absolute Gasteiger partial charge is 0.326 e. The van der Waals surface area contributed by atoms with Gasteiger partial charge in [0.25, 0.3) is 5.56 Å². The highest BCUT2D eigenvalue weighted by molar-refractivity contribution is 7.99. The zero-order valence-corrected chi connectivity index (χ0v) is 18.5. The standard InChI is InChI=1S/C24H24N4O3S/c1-2-15-8-10-17(11-9-15)25-22(30)18-14-19(29)26-21-20(18)23(31)28-24(27-21)32-13-12-16-6-4-3-5-7-16/h3-11,18H,2,12-14H2,1H3,(H,25,30)(H2,26,27,28,29,31). The average molecular weight is 449 g/mol. The van der Waals surface area contributed by atoms with E-state index < -0.39 is 17.4 Å². The summed E-state index contributed by atoms with van der Waals surface area (Å²) in [6.45, 7) is 2.05. The molecule has 0 radical (unpaired) electrons. The summed E-state index contributed by atoms with van der Waals surface area (Å²) < 4.78 is 0. The highest BCUT2D eigenvalue weighted by atomic mass is 32.2. The van der Waals surface area contributed by atoms with Crippen LogP contribution < -0.4 is 16.2 Å². The molecule has 1 aliphatic heterocycles. The number of rotatable bonds is 7. The van der Waals surface area contributed by atoms with Crippen molar-refractivity contribution in [2.45, 2.75) is 37.3 Å². The van der Waals surface area contributed by atoms with E-state index in [4.69, 9.17) is 0 Å². The van der Waals surface area contributed by atoms with Crippen LogP contribution in [0.4, 0.5) is 11.5 Å². The van der Waals surface area contributed by atoms with Crippen molar-refractivity contribution >= 4 is 35.1 Å². The van der Waals surface area contributed by atoms with Crippen LogP contribution in [-0.2, 0) is 22.4 Å². The molecular weight excluding hydrogens is 424 g/mol. The van der Waals surface area contributed by atoms with Crippen LogP contribution in [0.2, 0.25) is 0 Å². The van der Waals surface area contributed by atoms with Crippen molar-refractivity contribution in [2.24, 2.45) is 0 Å². The van der Waals surface area contributed by atoms with Gasteiger partial charge in [-0.2, -0.15) is 0 Å². The van der Waals surface area contributed by atoms with E-state index >= 15 is 0 Å². The van der Waals surface area contributed by atoms with Crippen molar-refractivity contribution in [1.82, 2.24) is 9.97 Å². The van der Waals surface area contributed by atoms with E-state index in [9.17, 15) is 14.4 Å². The lowest BCUT2D eigenvalue weighted by Crippen LogP contribution is -2.36. The van der Waals surface area contributed by atoms with Gasteiger partial charge in [-0.15, -0.1) is 0 Å². The minimum absolute atomic E-state index is 0.100. The lowest BCUT2D eigenvalue weighted by Gasteiger charge is -2.23. The topological polar surface area (TPSA) is 104 Å². The van der Waals surface area contributed by atoms with E-state index in [1.54, 1.807) is 0 Å². The Morgan fingerprint density at radius 2 is 1.84 bits per heavy atom. The van der Waals surface area contributed by atoms with Crippen LogP contribution in [0, 0.1) is 0 Å². The van der Waals surface area contributed by atoms with Gasteiger partial charge in [0.2, 0.25) is 11.8 Å². The van der Waals surface area contributed by atoms with Gasteiger partial charge in [-0.05, 0) is 36.1 Å². The van der Waals surface area contributed by atoms with Crippen molar-refractivity contribution in [1.29, 1.82) is 0 Å². The second-order valence-corrected chi connectivity index (χ2v) is 8.65. The van der Waals surface area contributed by atoms with Gasteiger partial charge in [0.05, 0.1) is 11.5 Å². The fourth-order valence-electron chi connectivity index (χ4n) is 3.61. The first-order chi connectivity index (χ1) is 15.5. The van der Waals surface area contributed by atoms with Crippen molar-refractivity contribution in [3.8, 4) is 0 Å². The molecule has 2 aromatic carbocycles. The molecule has 3 N–H and O–H groups in total. The molecule has 3 aromatic rings. The lowest BCUT2D eigenvalue weighted by atomic mass is 9.92. The minimum Gasteiger partial charge on any atom is -0.326 e. The maximum absolute atomic E-state index is 12.9. The average Bonchev–Trinajstić information content (AvgIpc) is 2.79. The molecule has 7 nitrogen and oxygen atoms in total. The number of fused-ring (bicyclic) bond motifs is 1. The van der Waals surface area contributed by atoms with E-state index in [1.165, 1.54) is 17.3 Å². The van der Waals surface area contributed by atoms with Gasteiger partial charge in [-0.3, -0.25) is 14.4 Å². The number of nitrogens with zero attached hydrogens (tertiary/aromatic N) is 1. The third kappa shape index (κ3) is 5.08. The van der Waals surface area contributed by atoms with E-state index in [-0.39, 0.29) is 23.7 Å². The summed E-state index contributed by atoms with van der Waals surface area (Å²) >= 11 is 1.40. The van der Waals surface area contributed by atoms with Crippen LogP contribution in [0.3, 0.4) is 0 Å². The first-order valence-corrected chi connectivity index (χ1v) is 11.5. The molecular formula is C24H24N4O3S. The summed E-state index contributed by atoms with van der Waals surface area (Å²) in [6.07, 6.45) is 1.62. The first-order valence-electron chi connectivity index (χ1n) is 10.5. The Morgan fingerprint density at radius 1 is 1.09 bits per heavy atom. The summed E-state index contributed by atoms with van der Waals surface area (Å²) in [5.41, 5.74) is 2.76. The van der Waals surface area contributed by atoms with E-state index in [0.29, 0.717) is 10.8 Å². The second-order valence-electron chi connectivity index (χ2n) is 7.56. The van der Waals surface area contributed by atoms with Gasteiger partial charge in [0, 0.05) is 17.9 Å². The molecule has 0 bridgehead atoms. The highest BCUT2D eigenvalue weighted by Crippen LogP contribution is 2.30. The third-order valence-corrected chi connectivity index (χ3v) is 6.22. The van der Waals surface area contributed by atoms with Crippen LogP contribution in [-0.4, -0.2) is 27.5 Å². The Labute approximate surface area is 190 Å². The van der Waals surface area contributed by atoms with Gasteiger partial charge in [0.1, 0.15) is 5.82 Å².